The standard InChI is InChI=1S/C53H57N7O8S/c1-33-26-41(29-44-49(33)56-30-45(52(54)64)50(44)57-38-10-7-11-39(28-38)68-3)69(66,67)40-12-6-9-35(27-40)32-59(2)53(65)60-24-21-37(22-25-60)36-15-13-34(14-16-36)8-4-5-23-55-31-47(62)42-17-19-46(61)51-43(42)18-20-48(63)58-51/h6-7,9-20,26-30,37,47,55,61-62H,4-5,8,21-25,31-32H2,1-3H3,(H2,54,64)(H,56,57)(H,58,63). The van der Waals surface area contributed by atoms with E-state index in [1.54, 1.807) is 86.6 Å². The number of aromatic nitrogens is 2. The Morgan fingerprint density at radius 2 is 1.70 bits per heavy atom. The van der Waals surface area contributed by atoms with E-state index in [0.29, 0.717) is 81.2 Å². The van der Waals surface area contributed by atoms with Gasteiger partial charge in [0.2, 0.25) is 15.4 Å². The zero-order valence-corrected chi connectivity index (χ0v) is 39.7. The minimum absolute atomic E-state index is 0.0192. The number of phenols is 1. The molecule has 7 aromatic rings. The van der Waals surface area contributed by atoms with Crippen molar-refractivity contribution >= 4 is 55.0 Å². The maximum Gasteiger partial charge on any atom is 0.320 e. The molecule has 1 unspecified atom stereocenters. The van der Waals surface area contributed by atoms with Gasteiger partial charge in [0, 0.05) is 68.0 Å². The summed E-state index contributed by atoms with van der Waals surface area (Å²) in [6.07, 6.45) is 5.09. The van der Waals surface area contributed by atoms with Crippen molar-refractivity contribution in [3.8, 4) is 11.5 Å². The Morgan fingerprint density at radius 3 is 2.45 bits per heavy atom. The quantitative estimate of drug-likeness (QED) is 0.0483. The third kappa shape index (κ3) is 10.9. The lowest BCUT2D eigenvalue weighted by molar-refractivity contribution is 0.100. The topological polar surface area (TPSA) is 220 Å². The average molecular weight is 952 g/mol. The molecular formula is C53H57N7O8S. The molecule has 7 N–H and O–H groups in total. The molecule has 0 spiro atoms. The van der Waals surface area contributed by atoms with E-state index in [0.717, 1.165) is 38.6 Å². The molecule has 1 aliphatic heterocycles. The smallest absolute Gasteiger partial charge is 0.320 e. The Morgan fingerprint density at radius 1 is 0.928 bits per heavy atom. The number of sulfone groups is 1. The molecule has 1 saturated heterocycles. The number of H-pyrrole nitrogens is 1. The van der Waals surface area contributed by atoms with Crippen molar-refractivity contribution < 1.29 is 33.0 Å². The van der Waals surface area contributed by atoms with Gasteiger partial charge in [-0.05, 0) is 128 Å². The zero-order valence-electron chi connectivity index (χ0n) is 38.9. The van der Waals surface area contributed by atoms with Gasteiger partial charge in [0.25, 0.3) is 5.91 Å². The van der Waals surface area contributed by atoms with Crippen LogP contribution >= 0.6 is 0 Å². The number of hydrogen-bond donors (Lipinski definition) is 6. The fraction of sp³-hybridized carbons (Fsp3) is 0.283. The molecule has 1 atom stereocenters. The first-order chi connectivity index (χ1) is 33.2. The number of nitrogens with zero attached hydrogens (tertiary/aromatic N) is 3. The van der Waals surface area contributed by atoms with Gasteiger partial charge in [0.1, 0.15) is 11.5 Å². The average Bonchev–Trinajstić information content (AvgIpc) is 3.35. The van der Waals surface area contributed by atoms with Crippen LogP contribution in [-0.2, 0) is 22.8 Å². The third-order valence-electron chi connectivity index (χ3n) is 12.9. The molecule has 15 nitrogen and oxygen atoms in total. The summed E-state index contributed by atoms with van der Waals surface area (Å²) in [5.74, 6) is 0.162. The Kier molecular flexibility index (Phi) is 14.6. The van der Waals surface area contributed by atoms with E-state index in [9.17, 15) is 33.0 Å². The summed E-state index contributed by atoms with van der Waals surface area (Å²) >= 11 is 0. The number of nitrogens with one attached hydrogen (secondary N) is 3. The first-order valence-corrected chi connectivity index (χ1v) is 24.5. The molecule has 1 fully saturated rings. The number of piperidine rings is 1. The minimum atomic E-state index is -4.08. The van der Waals surface area contributed by atoms with E-state index in [2.05, 4.69) is 44.9 Å². The Bertz CT molecular complexity index is 3190. The summed E-state index contributed by atoms with van der Waals surface area (Å²) in [7, 11) is -0.801. The van der Waals surface area contributed by atoms with Crippen LogP contribution in [0.15, 0.2) is 130 Å². The summed E-state index contributed by atoms with van der Waals surface area (Å²) in [5, 5.41) is 28.6. The van der Waals surface area contributed by atoms with Crippen molar-refractivity contribution in [3.05, 3.63) is 159 Å². The highest BCUT2D eigenvalue weighted by Gasteiger charge is 2.27. The van der Waals surface area contributed by atoms with Gasteiger partial charge in [-0.1, -0.05) is 48.5 Å². The van der Waals surface area contributed by atoms with Gasteiger partial charge in [-0.3, -0.25) is 14.6 Å². The number of likely N-dealkylation sites (tertiary alicyclic amines) is 1. The number of anilines is 2. The van der Waals surface area contributed by atoms with Gasteiger partial charge in [0.05, 0.1) is 45.3 Å². The van der Waals surface area contributed by atoms with E-state index in [4.69, 9.17) is 10.5 Å². The third-order valence-corrected chi connectivity index (χ3v) is 14.6. The number of methoxy groups -OCH3 is 1. The molecule has 0 radical (unpaired) electrons. The summed E-state index contributed by atoms with van der Waals surface area (Å²) in [6, 6.07) is 31.6. The number of aliphatic hydroxyl groups is 1. The molecule has 8 rings (SSSR count). The second-order valence-electron chi connectivity index (χ2n) is 17.7. The summed E-state index contributed by atoms with van der Waals surface area (Å²) < 4.78 is 34.0. The van der Waals surface area contributed by atoms with Crippen molar-refractivity contribution in [2.75, 3.05) is 45.7 Å². The Labute approximate surface area is 400 Å². The number of aliphatic hydroxyl groups excluding tert-OH is 1. The number of primary amides is 1. The summed E-state index contributed by atoms with van der Waals surface area (Å²) in [6.45, 7) is 4.27. The second kappa shape index (κ2) is 20.9. The normalized spacial score (nSPS) is 13.7. The van der Waals surface area contributed by atoms with Crippen molar-refractivity contribution in [2.45, 2.75) is 67.4 Å². The number of benzene rings is 5. The first-order valence-electron chi connectivity index (χ1n) is 23.0. The number of carbonyl (C=O) groups is 2. The first kappa shape index (κ1) is 48.2. The van der Waals surface area contributed by atoms with Gasteiger partial charge in [-0.25, -0.2) is 13.2 Å². The number of aryl methyl sites for hydroxylation is 2. The minimum Gasteiger partial charge on any atom is -0.506 e. The van der Waals surface area contributed by atoms with E-state index in [-0.39, 0.29) is 39.2 Å². The van der Waals surface area contributed by atoms with Gasteiger partial charge < -0.3 is 46.1 Å². The number of nitrogens with two attached hydrogens (primary N) is 1. The molecule has 2 aromatic heterocycles. The van der Waals surface area contributed by atoms with E-state index in [1.807, 2.05) is 4.90 Å². The highest BCUT2D eigenvalue weighted by Crippen LogP contribution is 2.36. The zero-order chi connectivity index (χ0) is 48.8. The number of unbranched alkanes of at least 4 members (excludes halogenated alkanes) is 1. The monoisotopic (exact) mass is 951 g/mol. The van der Waals surface area contributed by atoms with Gasteiger partial charge in [0.15, 0.2) is 0 Å². The van der Waals surface area contributed by atoms with Crippen LogP contribution in [0.1, 0.15) is 75.9 Å². The number of fused-ring (bicyclic) bond motifs is 2. The van der Waals surface area contributed by atoms with Gasteiger partial charge >= 0.3 is 6.03 Å². The van der Waals surface area contributed by atoms with Crippen molar-refractivity contribution in [3.63, 3.8) is 0 Å². The van der Waals surface area contributed by atoms with Crippen molar-refractivity contribution in [1.29, 1.82) is 0 Å². The number of ether oxygens (including phenoxy) is 1. The number of rotatable bonds is 17. The molecule has 358 valence electrons. The largest absolute Gasteiger partial charge is 0.506 e. The predicted molar refractivity (Wildman–Crippen MR) is 267 cm³/mol. The lowest BCUT2D eigenvalue weighted by atomic mass is 9.89. The highest BCUT2D eigenvalue weighted by molar-refractivity contribution is 7.91. The fourth-order valence-corrected chi connectivity index (χ4v) is 10.6. The second-order valence-corrected chi connectivity index (χ2v) is 19.6. The van der Waals surface area contributed by atoms with Crippen LogP contribution in [0.25, 0.3) is 21.8 Å². The van der Waals surface area contributed by atoms with Crippen molar-refractivity contribution in [1.82, 2.24) is 25.1 Å². The molecule has 3 heterocycles. The maximum absolute atomic E-state index is 14.3. The molecule has 0 aliphatic carbocycles. The molecule has 16 heteroatoms. The maximum atomic E-state index is 14.3. The lowest BCUT2D eigenvalue weighted by Crippen LogP contribution is -2.44. The van der Waals surface area contributed by atoms with Crippen LogP contribution in [0.2, 0.25) is 0 Å². The Hall–Kier alpha value is -7.27. The number of pyridine rings is 2. The van der Waals surface area contributed by atoms with E-state index >= 15 is 0 Å². The summed E-state index contributed by atoms with van der Waals surface area (Å²) in [4.78, 5) is 48.7. The molecule has 0 saturated carbocycles. The van der Waals surface area contributed by atoms with Crippen LogP contribution in [0.3, 0.4) is 0 Å². The van der Waals surface area contributed by atoms with Gasteiger partial charge in [-0.2, -0.15) is 0 Å². The number of amides is 3. The fourth-order valence-electron chi connectivity index (χ4n) is 9.14. The molecule has 69 heavy (non-hydrogen) atoms. The SMILES string of the molecule is COc1cccc(Nc2c(C(N)=O)cnc3c(C)cc(S(=O)(=O)c4cccc(CN(C)C(=O)N5CCC(c6ccc(CCCCNCC(O)c7ccc(O)c8[nH]c(=O)ccc78)cc6)CC5)c4)cc23)c1. The van der Waals surface area contributed by atoms with Gasteiger partial charge in [-0.15, -0.1) is 0 Å². The van der Waals surface area contributed by atoms with E-state index in [1.165, 1.54) is 41.6 Å². The molecule has 1 aliphatic rings. The number of aromatic hydroxyl groups is 1. The van der Waals surface area contributed by atoms with Crippen molar-refractivity contribution in [2.24, 2.45) is 5.73 Å². The summed E-state index contributed by atoms with van der Waals surface area (Å²) in [5.41, 5.74) is 11.7. The molecule has 3 amide bonds. The number of urea groups is 1. The van der Waals surface area contributed by atoms with Crippen LogP contribution in [-0.4, -0.2) is 90.7 Å². The molecule has 5 aromatic carbocycles. The van der Waals surface area contributed by atoms with Crippen LogP contribution in [0.5, 0.6) is 11.5 Å². The number of hydrogen-bond acceptors (Lipinski definition) is 11. The number of phenolic OH excluding ortho intramolecular Hbond substituents is 1. The Balaban J connectivity index is 0.827. The van der Waals surface area contributed by atoms with Crippen LogP contribution in [0, 0.1) is 6.92 Å². The predicted octanol–water partition coefficient (Wildman–Crippen LogP) is 7.85. The highest BCUT2D eigenvalue weighted by atomic mass is 32.2. The molecular weight excluding hydrogens is 895 g/mol. The lowest BCUT2D eigenvalue weighted by Gasteiger charge is -2.35. The van der Waals surface area contributed by atoms with E-state index < -0.39 is 21.8 Å². The van der Waals surface area contributed by atoms with Crippen LogP contribution < -0.4 is 26.7 Å². The number of carbonyl (C=O) groups excluding carboxylic acids is 2. The van der Waals surface area contributed by atoms with Crippen LogP contribution in [0.4, 0.5) is 16.2 Å². The molecule has 0 bridgehead atoms. The number of aromatic amines is 1.